The number of aromatic nitrogens is 2. The van der Waals surface area contributed by atoms with Gasteiger partial charge in [0.25, 0.3) is 0 Å². The van der Waals surface area contributed by atoms with Crippen LogP contribution in [0.25, 0.3) is 0 Å². The summed E-state index contributed by atoms with van der Waals surface area (Å²) in [7, 11) is 1.75. The number of nitrogens with zero attached hydrogens (tertiary/aromatic N) is 3. The van der Waals surface area contributed by atoms with Crippen molar-refractivity contribution in [2.75, 3.05) is 25.0 Å². The highest BCUT2D eigenvalue weighted by molar-refractivity contribution is 6.02. The summed E-state index contributed by atoms with van der Waals surface area (Å²) >= 11 is 0. The van der Waals surface area contributed by atoms with Crippen molar-refractivity contribution in [1.29, 1.82) is 0 Å². The van der Waals surface area contributed by atoms with Crippen molar-refractivity contribution >= 4 is 18.1 Å². The maximum absolute atomic E-state index is 11.5. The minimum Gasteiger partial charge on any atom is -0.369 e. The molecular weight excluding hydrogens is 374 g/mol. The van der Waals surface area contributed by atoms with Crippen LogP contribution in [0.5, 0.6) is 0 Å². The molecule has 0 saturated heterocycles. The van der Waals surface area contributed by atoms with E-state index in [4.69, 9.17) is 4.98 Å². The second-order valence-electron chi connectivity index (χ2n) is 7.16. The van der Waals surface area contributed by atoms with Crippen LogP contribution in [-0.4, -0.2) is 42.4 Å². The highest BCUT2D eigenvalue weighted by atomic mass is 16.1. The van der Waals surface area contributed by atoms with E-state index in [-0.39, 0.29) is 0 Å². The summed E-state index contributed by atoms with van der Waals surface area (Å²) < 4.78 is 0. The first-order valence-corrected chi connectivity index (χ1v) is 11.1. The highest BCUT2D eigenvalue weighted by Crippen LogP contribution is 2.34. The van der Waals surface area contributed by atoms with Gasteiger partial charge in [-0.05, 0) is 32.6 Å². The van der Waals surface area contributed by atoms with Crippen molar-refractivity contribution in [3.8, 4) is 0 Å². The molecule has 1 aromatic heterocycles. The fourth-order valence-electron chi connectivity index (χ4n) is 3.40. The van der Waals surface area contributed by atoms with Gasteiger partial charge in [0, 0.05) is 26.1 Å². The number of allylic oxidation sites excluding steroid dienone is 5. The Morgan fingerprint density at radius 2 is 2.00 bits per heavy atom. The summed E-state index contributed by atoms with van der Waals surface area (Å²) in [5.74, 6) is 2.92. The molecule has 0 bridgehead atoms. The maximum Gasteiger partial charge on any atom is 0.215 e. The number of hydrogen-bond acceptors (Lipinski definition) is 3. The third-order valence-corrected chi connectivity index (χ3v) is 4.84. The lowest BCUT2D eigenvalue weighted by atomic mass is 10.1. The number of carbonyl (C=O) groups excluding carboxylic acids is 1. The molecule has 0 aromatic carbocycles. The van der Waals surface area contributed by atoms with E-state index in [0.717, 1.165) is 43.2 Å². The van der Waals surface area contributed by atoms with Gasteiger partial charge in [0.15, 0.2) is 5.82 Å². The largest absolute Gasteiger partial charge is 0.369 e. The first-order chi connectivity index (χ1) is 14.7. The van der Waals surface area contributed by atoms with Crippen LogP contribution >= 0.6 is 0 Å². The summed E-state index contributed by atoms with van der Waals surface area (Å²) in [4.78, 5) is 25.6. The molecule has 2 N–H and O–H groups in total. The number of aliphatic imine (C=N–C) groups is 1. The van der Waals surface area contributed by atoms with Crippen molar-refractivity contribution in [2.45, 2.75) is 65.2 Å². The molecular formula is C24H39N5O. The van der Waals surface area contributed by atoms with Crippen molar-refractivity contribution in [1.82, 2.24) is 15.3 Å². The molecule has 2 rings (SSSR count). The number of carbonyl (C=O) groups is 1. The zero-order valence-electron chi connectivity index (χ0n) is 19.2. The molecule has 0 unspecified atom stereocenters. The van der Waals surface area contributed by atoms with Crippen LogP contribution in [0.3, 0.4) is 0 Å². The average molecular weight is 414 g/mol. The monoisotopic (exact) mass is 413 g/mol. The Kier molecular flexibility index (Phi) is 12.9. The molecule has 30 heavy (non-hydrogen) atoms. The van der Waals surface area contributed by atoms with Crippen molar-refractivity contribution in [2.24, 2.45) is 4.99 Å². The average Bonchev–Trinajstić information content (AvgIpc) is 3.44. The molecule has 0 spiro atoms. The number of amides is 1. The number of amidine groups is 1. The Bertz CT molecular complexity index is 711. The minimum atomic E-state index is 0.474. The second-order valence-corrected chi connectivity index (χ2v) is 7.16. The first kappa shape index (κ1) is 25.4. The summed E-state index contributed by atoms with van der Waals surface area (Å²) in [5, 5.41) is 3.25. The van der Waals surface area contributed by atoms with Crippen LogP contribution in [0.4, 0.5) is 5.82 Å². The summed E-state index contributed by atoms with van der Waals surface area (Å²) in [6.45, 7) is 11.2. The number of nitrogens with one attached hydrogen (secondary N) is 2. The van der Waals surface area contributed by atoms with Gasteiger partial charge >= 0.3 is 0 Å². The van der Waals surface area contributed by atoms with E-state index < -0.39 is 0 Å². The van der Waals surface area contributed by atoms with Gasteiger partial charge in [-0.15, -0.1) is 0 Å². The predicted molar refractivity (Wildman–Crippen MR) is 128 cm³/mol. The van der Waals surface area contributed by atoms with Gasteiger partial charge in [0.05, 0.1) is 0 Å². The summed E-state index contributed by atoms with van der Waals surface area (Å²) in [5.41, 5.74) is 0.826. The number of anilines is 1. The predicted octanol–water partition coefficient (Wildman–Crippen LogP) is 5.12. The molecule has 0 radical (unpaired) electrons. The zero-order valence-corrected chi connectivity index (χ0v) is 19.2. The van der Waals surface area contributed by atoms with Crippen molar-refractivity contribution < 1.29 is 4.79 Å². The van der Waals surface area contributed by atoms with Crippen LogP contribution < -0.4 is 10.2 Å². The molecule has 0 aliphatic heterocycles. The second kappa shape index (κ2) is 15.2. The SMILES string of the molecule is C=C/C=C\C=C\CC.CCCN(C=O)c1nc(C2CCCC2)[nH]c1C(=NC)NCC. The van der Waals surface area contributed by atoms with Crippen LogP contribution in [0.2, 0.25) is 0 Å². The molecule has 1 aromatic rings. The molecule has 1 aliphatic rings. The Morgan fingerprint density at radius 3 is 2.53 bits per heavy atom. The van der Waals surface area contributed by atoms with E-state index in [1.807, 2.05) is 25.2 Å². The summed E-state index contributed by atoms with van der Waals surface area (Å²) in [6.07, 6.45) is 17.5. The van der Waals surface area contributed by atoms with Crippen molar-refractivity contribution in [3.05, 3.63) is 48.5 Å². The van der Waals surface area contributed by atoms with E-state index in [9.17, 15) is 4.79 Å². The van der Waals surface area contributed by atoms with Crippen LogP contribution in [-0.2, 0) is 4.79 Å². The fraction of sp³-hybridized carbons (Fsp3) is 0.542. The number of imidazole rings is 1. The Balaban J connectivity index is 0.000000479. The van der Waals surface area contributed by atoms with Crippen LogP contribution in [0.15, 0.2) is 42.0 Å². The number of H-pyrrole nitrogens is 1. The molecule has 166 valence electrons. The lowest BCUT2D eigenvalue weighted by Crippen LogP contribution is -2.29. The van der Waals surface area contributed by atoms with E-state index in [0.29, 0.717) is 18.3 Å². The van der Waals surface area contributed by atoms with Gasteiger partial charge in [-0.25, -0.2) is 4.98 Å². The van der Waals surface area contributed by atoms with E-state index in [1.165, 1.54) is 25.7 Å². The lowest BCUT2D eigenvalue weighted by Gasteiger charge is -2.16. The van der Waals surface area contributed by atoms with Gasteiger partial charge in [-0.3, -0.25) is 14.7 Å². The third-order valence-electron chi connectivity index (χ3n) is 4.84. The number of rotatable bonds is 10. The molecule has 1 aliphatic carbocycles. The standard InChI is InChI=1S/C16H27N5O.C8H12/c1-4-10-21(11-22)16-13(15(17-3)18-5-2)19-14(20-16)12-8-6-7-9-12;1-3-5-7-8-6-4-2/h11-12H,4-10H2,1-3H3,(H,17,18)(H,19,20);3,5-8H,1,4H2,2H3/b;7-5-,8-6+. The van der Waals surface area contributed by atoms with E-state index in [2.05, 4.69) is 41.8 Å². The van der Waals surface area contributed by atoms with Gasteiger partial charge in [-0.1, -0.05) is 63.6 Å². The van der Waals surface area contributed by atoms with Crippen LogP contribution in [0, 0.1) is 0 Å². The molecule has 0 atom stereocenters. The molecule has 1 saturated carbocycles. The normalized spacial score (nSPS) is 14.7. The van der Waals surface area contributed by atoms with Crippen molar-refractivity contribution in [3.63, 3.8) is 0 Å². The smallest absolute Gasteiger partial charge is 0.215 e. The number of aromatic amines is 1. The highest BCUT2D eigenvalue weighted by Gasteiger charge is 2.25. The van der Waals surface area contributed by atoms with E-state index >= 15 is 0 Å². The van der Waals surface area contributed by atoms with Crippen LogP contribution in [0.1, 0.15) is 76.7 Å². The molecule has 1 heterocycles. The van der Waals surface area contributed by atoms with Gasteiger partial charge in [0.1, 0.15) is 17.4 Å². The lowest BCUT2D eigenvalue weighted by molar-refractivity contribution is -0.107. The molecule has 1 amide bonds. The Morgan fingerprint density at radius 1 is 1.27 bits per heavy atom. The number of hydrogen-bond donors (Lipinski definition) is 2. The molecule has 1 fully saturated rings. The Labute approximate surface area is 182 Å². The maximum atomic E-state index is 11.5. The van der Waals surface area contributed by atoms with Gasteiger partial charge in [0.2, 0.25) is 6.41 Å². The van der Waals surface area contributed by atoms with Gasteiger partial charge < -0.3 is 10.3 Å². The fourth-order valence-corrected chi connectivity index (χ4v) is 3.40. The van der Waals surface area contributed by atoms with E-state index in [1.54, 1.807) is 18.0 Å². The quantitative estimate of drug-likeness (QED) is 0.242. The topological polar surface area (TPSA) is 73.4 Å². The van der Waals surface area contributed by atoms with Gasteiger partial charge in [-0.2, -0.15) is 0 Å². The zero-order chi connectivity index (χ0) is 22.2. The Hall–Kier alpha value is -2.63. The molecule has 6 nitrogen and oxygen atoms in total. The third kappa shape index (κ3) is 8.01. The summed E-state index contributed by atoms with van der Waals surface area (Å²) in [6, 6.07) is 0. The minimum absolute atomic E-state index is 0.474. The first-order valence-electron chi connectivity index (χ1n) is 11.1. The molecule has 6 heteroatoms.